The Bertz CT molecular complexity index is 839. The second-order valence-electron chi connectivity index (χ2n) is 7.08. The molecule has 0 radical (unpaired) electrons. The fourth-order valence-electron chi connectivity index (χ4n) is 3.40. The molecule has 2 heterocycles. The zero-order chi connectivity index (χ0) is 20.1. The van der Waals surface area contributed by atoms with Gasteiger partial charge in [0.05, 0.1) is 12.3 Å². The van der Waals surface area contributed by atoms with E-state index in [1.165, 1.54) is 13.2 Å². The minimum Gasteiger partial charge on any atom is -0.459 e. The topological polar surface area (TPSA) is 91.7 Å². The Morgan fingerprint density at radius 1 is 1.14 bits per heavy atom. The van der Waals surface area contributed by atoms with Gasteiger partial charge in [-0.05, 0) is 49.6 Å². The Labute approximate surface area is 164 Å². The molecule has 1 unspecified atom stereocenters. The van der Waals surface area contributed by atoms with E-state index in [4.69, 9.17) is 4.42 Å². The maximum atomic E-state index is 12.6. The van der Waals surface area contributed by atoms with Crippen molar-refractivity contribution < 1.29 is 18.8 Å². The van der Waals surface area contributed by atoms with Gasteiger partial charge in [0.25, 0.3) is 5.91 Å². The zero-order valence-electron chi connectivity index (χ0n) is 16.1. The van der Waals surface area contributed by atoms with E-state index in [9.17, 15) is 14.4 Å². The first-order valence-electron chi connectivity index (χ1n) is 9.44. The van der Waals surface area contributed by atoms with Crippen LogP contribution in [0.25, 0.3) is 0 Å². The van der Waals surface area contributed by atoms with Crippen molar-refractivity contribution in [2.45, 2.75) is 32.7 Å². The van der Waals surface area contributed by atoms with Crippen LogP contribution < -0.4 is 10.6 Å². The molecule has 1 aromatic heterocycles. The van der Waals surface area contributed by atoms with Crippen LogP contribution in [0.1, 0.15) is 48.8 Å². The summed E-state index contributed by atoms with van der Waals surface area (Å²) in [7, 11) is 0. The summed E-state index contributed by atoms with van der Waals surface area (Å²) < 4.78 is 5.16. The van der Waals surface area contributed by atoms with Crippen molar-refractivity contribution in [1.29, 1.82) is 0 Å². The number of furan rings is 1. The third kappa shape index (κ3) is 4.79. The molecule has 0 bridgehead atoms. The van der Waals surface area contributed by atoms with Gasteiger partial charge < -0.3 is 20.0 Å². The van der Waals surface area contributed by atoms with E-state index in [1.807, 2.05) is 31.2 Å². The van der Waals surface area contributed by atoms with E-state index in [0.717, 1.165) is 5.56 Å². The predicted molar refractivity (Wildman–Crippen MR) is 105 cm³/mol. The number of carbonyl (C=O) groups is 3. The van der Waals surface area contributed by atoms with Crippen molar-refractivity contribution in [2.75, 3.05) is 18.4 Å². The predicted octanol–water partition coefficient (Wildman–Crippen LogP) is 2.97. The quantitative estimate of drug-likeness (QED) is 0.830. The van der Waals surface area contributed by atoms with E-state index >= 15 is 0 Å². The number of rotatable bonds is 5. The highest BCUT2D eigenvalue weighted by Gasteiger charge is 2.29. The van der Waals surface area contributed by atoms with Crippen LogP contribution in [0.5, 0.6) is 0 Å². The van der Waals surface area contributed by atoms with Crippen LogP contribution in [0.2, 0.25) is 0 Å². The molecule has 1 aromatic carbocycles. The van der Waals surface area contributed by atoms with Gasteiger partial charge in [0.15, 0.2) is 5.76 Å². The van der Waals surface area contributed by atoms with E-state index < -0.39 is 0 Å². The van der Waals surface area contributed by atoms with Crippen LogP contribution in [0.15, 0.2) is 47.1 Å². The molecule has 7 nitrogen and oxygen atoms in total. The number of benzene rings is 1. The number of carbonyl (C=O) groups excluding carboxylic acids is 3. The fourth-order valence-corrected chi connectivity index (χ4v) is 3.40. The molecule has 148 valence electrons. The van der Waals surface area contributed by atoms with Crippen LogP contribution in [0.3, 0.4) is 0 Å². The Hall–Kier alpha value is -3.09. The third-order valence-electron chi connectivity index (χ3n) is 4.95. The van der Waals surface area contributed by atoms with Gasteiger partial charge >= 0.3 is 0 Å². The highest BCUT2D eigenvalue weighted by molar-refractivity contribution is 5.91. The summed E-state index contributed by atoms with van der Waals surface area (Å²) in [6, 6.07) is 10.6. The summed E-state index contributed by atoms with van der Waals surface area (Å²) in [5.74, 6) is -0.0727. The highest BCUT2D eigenvalue weighted by atomic mass is 16.3. The van der Waals surface area contributed by atoms with E-state index in [2.05, 4.69) is 10.6 Å². The van der Waals surface area contributed by atoms with Crippen LogP contribution in [-0.4, -0.2) is 35.7 Å². The van der Waals surface area contributed by atoms with Gasteiger partial charge in [-0.1, -0.05) is 12.1 Å². The Balaban J connectivity index is 1.53. The fraction of sp³-hybridized carbons (Fsp3) is 0.381. The average molecular weight is 383 g/mol. The lowest BCUT2D eigenvalue weighted by molar-refractivity contribution is -0.127. The minimum atomic E-state index is -0.177. The van der Waals surface area contributed by atoms with Crippen molar-refractivity contribution in [1.82, 2.24) is 10.2 Å². The standard InChI is InChI=1S/C21H25N3O4/c1-14(17-5-3-6-18(13-17)23-15(2)25)22-20(26)16-8-10-24(11-9-16)21(27)19-7-4-12-28-19/h3-7,12-14,16H,8-11H2,1-2H3,(H,22,26)(H,23,25). The lowest BCUT2D eigenvalue weighted by Crippen LogP contribution is -2.43. The molecule has 1 atom stereocenters. The van der Waals surface area contributed by atoms with E-state index in [-0.39, 0.29) is 29.7 Å². The number of hydrogen-bond acceptors (Lipinski definition) is 4. The monoisotopic (exact) mass is 383 g/mol. The summed E-state index contributed by atoms with van der Waals surface area (Å²) in [6.07, 6.45) is 2.73. The van der Waals surface area contributed by atoms with Crippen molar-refractivity contribution in [3.05, 3.63) is 54.0 Å². The van der Waals surface area contributed by atoms with Gasteiger partial charge in [-0.3, -0.25) is 14.4 Å². The molecule has 0 aliphatic carbocycles. The minimum absolute atomic E-state index is 0.0115. The Kier molecular flexibility index (Phi) is 6.13. The maximum Gasteiger partial charge on any atom is 0.289 e. The lowest BCUT2D eigenvalue weighted by Gasteiger charge is -2.31. The SMILES string of the molecule is CC(=O)Nc1cccc(C(C)NC(=O)C2CCN(C(=O)c3ccco3)CC2)c1. The molecule has 3 rings (SSSR count). The highest BCUT2D eigenvalue weighted by Crippen LogP contribution is 2.22. The first-order valence-corrected chi connectivity index (χ1v) is 9.44. The molecule has 0 saturated carbocycles. The van der Waals surface area contributed by atoms with Gasteiger partial charge in [0, 0.05) is 31.6 Å². The molecular weight excluding hydrogens is 358 g/mol. The number of amides is 3. The molecule has 3 amide bonds. The van der Waals surface area contributed by atoms with E-state index in [0.29, 0.717) is 37.4 Å². The van der Waals surface area contributed by atoms with Crippen molar-refractivity contribution in [3.8, 4) is 0 Å². The molecule has 1 saturated heterocycles. The number of hydrogen-bond donors (Lipinski definition) is 2. The van der Waals surface area contributed by atoms with Crippen LogP contribution in [-0.2, 0) is 9.59 Å². The van der Waals surface area contributed by atoms with Gasteiger partial charge in [-0.2, -0.15) is 0 Å². The normalized spacial score (nSPS) is 15.7. The molecule has 2 N–H and O–H groups in total. The molecule has 7 heteroatoms. The molecular formula is C21H25N3O4. The number of anilines is 1. The number of piperidine rings is 1. The first kappa shape index (κ1) is 19.7. The Morgan fingerprint density at radius 2 is 1.89 bits per heavy atom. The maximum absolute atomic E-state index is 12.6. The number of nitrogens with one attached hydrogen (secondary N) is 2. The van der Waals surface area contributed by atoms with Crippen molar-refractivity contribution >= 4 is 23.4 Å². The van der Waals surface area contributed by atoms with Gasteiger partial charge in [0.2, 0.25) is 11.8 Å². The molecule has 0 spiro atoms. The Morgan fingerprint density at radius 3 is 2.54 bits per heavy atom. The second-order valence-corrected chi connectivity index (χ2v) is 7.08. The van der Waals surface area contributed by atoms with Gasteiger partial charge in [-0.25, -0.2) is 0 Å². The summed E-state index contributed by atoms with van der Waals surface area (Å²) in [5, 5.41) is 5.79. The molecule has 28 heavy (non-hydrogen) atoms. The molecule has 2 aromatic rings. The number of nitrogens with zero attached hydrogens (tertiary/aromatic N) is 1. The molecule has 1 aliphatic heterocycles. The smallest absolute Gasteiger partial charge is 0.289 e. The summed E-state index contributed by atoms with van der Waals surface area (Å²) in [6.45, 7) is 4.44. The summed E-state index contributed by atoms with van der Waals surface area (Å²) in [4.78, 5) is 37.9. The third-order valence-corrected chi connectivity index (χ3v) is 4.95. The molecule has 1 fully saturated rings. The van der Waals surface area contributed by atoms with Crippen LogP contribution >= 0.6 is 0 Å². The first-order chi connectivity index (χ1) is 13.4. The summed E-state index contributed by atoms with van der Waals surface area (Å²) >= 11 is 0. The van der Waals surface area contributed by atoms with Crippen molar-refractivity contribution in [3.63, 3.8) is 0 Å². The van der Waals surface area contributed by atoms with Crippen molar-refractivity contribution in [2.24, 2.45) is 5.92 Å². The van der Waals surface area contributed by atoms with Gasteiger partial charge in [-0.15, -0.1) is 0 Å². The van der Waals surface area contributed by atoms with Gasteiger partial charge in [0.1, 0.15) is 0 Å². The van der Waals surface area contributed by atoms with Crippen LogP contribution in [0.4, 0.5) is 5.69 Å². The lowest BCUT2D eigenvalue weighted by atomic mass is 9.95. The largest absolute Gasteiger partial charge is 0.459 e. The summed E-state index contributed by atoms with van der Waals surface area (Å²) in [5.41, 5.74) is 1.63. The van der Waals surface area contributed by atoms with E-state index in [1.54, 1.807) is 17.0 Å². The second kappa shape index (κ2) is 8.73. The zero-order valence-corrected chi connectivity index (χ0v) is 16.1. The van der Waals surface area contributed by atoms with Crippen LogP contribution in [0, 0.1) is 5.92 Å². The average Bonchev–Trinajstić information content (AvgIpc) is 3.22. The molecule has 1 aliphatic rings. The number of likely N-dealkylation sites (tertiary alicyclic amines) is 1.